The van der Waals surface area contributed by atoms with Crippen LogP contribution in [0.2, 0.25) is 0 Å². The van der Waals surface area contributed by atoms with E-state index >= 15 is 0 Å². The topological polar surface area (TPSA) is 105 Å². The normalized spacial score (nSPS) is 18.9. The van der Waals surface area contributed by atoms with Crippen LogP contribution in [0.4, 0.5) is 4.79 Å². The molecule has 1 aliphatic heterocycles. The first-order valence-corrected chi connectivity index (χ1v) is 11.1. The Morgan fingerprint density at radius 1 is 1.09 bits per heavy atom. The number of alkyl carbamates (subject to hydrolysis) is 1. The zero-order chi connectivity index (χ0) is 23.4. The fraction of sp³-hybridized carbons (Fsp3) is 0.400. The molecule has 1 heterocycles. The number of carbonyl (C=O) groups excluding carboxylic acids is 2. The third kappa shape index (κ3) is 5.01. The van der Waals surface area contributed by atoms with Crippen LogP contribution >= 0.6 is 0 Å². The van der Waals surface area contributed by atoms with Crippen molar-refractivity contribution in [3.63, 3.8) is 0 Å². The Kier molecular flexibility index (Phi) is 6.93. The molecule has 0 saturated carbocycles. The molecule has 174 valence electrons. The van der Waals surface area contributed by atoms with Gasteiger partial charge in [-0.05, 0) is 28.7 Å². The van der Waals surface area contributed by atoms with Gasteiger partial charge in [0.15, 0.2) is 0 Å². The molecule has 8 nitrogen and oxygen atoms in total. The molecule has 2 aromatic carbocycles. The van der Waals surface area contributed by atoms with Crippen molar-refractivity contribution in [2.45, 2.75) is 24.9 Å². The molecule has 2 aromatic rings. The summed E-state index contributed by atoms with van der Waals surface area (Å²) in [5, 5.41) is 11.6. The lowest BCUT2D eigenvalue weighted by Gasteiger charge is -2.24. The SMILES string of the molecule is CN(CCC(=O)O)C(=O)[C@H]1OCC[C@H]1CNC(=O)OCC1c2ccccc2-c2ccccc21. The van der Waals surface area contributed by atoms with Crippen molar-refractivity contribution in [3.8, 4) is 11.1 Å². The third-order valence-corrected chi connectivity index (χ3v) is 6.35. The lowest BCUT2D eigenvalue weighted by Crippen LogP contribution is -2.43. The Morgan fingerprint density at radius 2 is 1.73 bits per heavy atom. The molecule has 33 heavy (non-hydrogen) atoms. The van der Waals surface area contributed by atoms with E-state index < -0.39 is 18.2 Å². The highest BCUT2D eigenvalue weighted by atomic mass is 16.5. The number of ether oxygens (including phenoxy) is 2. The molecule has 2 atom stereocenters. The lowest BCUT2D eigenvalue weighted by atomic mass is 9.98. The summed E-state index contributed by atoms with van der Waals surface area (Å²) in [4.78, 5) is 37.2. The molecule has 1 fully saturated rings. The number of fused-ring (bicyclic) bond motifs is 3. The highest BCUT2D eigenvalue weighted by molar-refractivity contribution is 5.82. The summed E-state index contributed by atoms with van der Waals surface area (Å²) < 4.78 is 11.1. The number of hydrogen-bond donors (Lipinski definition) is 2. The standard InChI is InChI=1S/C25H28N2O6/c1-27(12-10-22(28)29)24(30)23-16(11-13-32-23)14-26-25(31)33-15-21-19-8-4-2-6-17(19)18-7-3-5-9-20(18)21/h2-9,16,21,23H,10-15H2,1H3,(H,26,31)(H,28,29)/t16-,23-/m0/s1. The highest BCUT2D eigenvalue weighted by Crippen LogP contribution is 2.44. The molecule has 0 spiro atoms. The molecular weight excluding hydrogens is 424 g/mol. The summed E-state index contributed by atoms with van der Waals surface area (Å²) in [6.07, 6.45) is -0.725. The van der Waals surface area contributed by atoms with Gasteiger partial charge >= 0.3 is 12.1 Å². The second kappa shape index (κ2) is 10.0. The van der Waals surface area contributed by atoms with Crippen molar-refractivity contribution in [3.05, 3.63) is 59.7 Å². The van der Waals surface area contributed by atoms with Gasteiger partial charge in [0.05, 0.1) is 6.42 Å². The van der Waals surface area contributed by atoms with Gasteiger partial charge in [0.1, 0.15) is 12.7 Å². The monoisotopic (exact) mass is 452 g/mol. The molecule has 0 radical (unpaired) electrons. The maximum absolute atomic E-state index is 12.6. The van der Waals surface area contributed by atoms with Crippen LogP contribution in [0.25, 0.3) is 11.1 Å². The van der Waals surface area contributed by atoms with Crippen molar-refractivity contribution in [1.82, 2.24) is 10.2 Å². The average molecular weight is 453 g/mol. The maximum atomic E-state index is 12.6. The van der Waals surface area contributed by atoms with Gasteiger partial charge in [-0.1, -0.05) is 48.5 Å². The van der Waals surface area contributed by atoms with Gasteiger partial charge < -0.3 is 24.8 Å². The Bertz CT molecular complexity index is 994. The molecule has 1 aliphatic carbocycles. The van der Waals surface area contributed by atoms with E-state index in [0.29, 0.717) is 13.0 Å². The summed E-state index contributed by atoms with van der Waals surface area (Å²) in [5.41, 5.74) is 4.62. The van der Waals surface area contributed by atoms with Crippen LogP contribution < -0.4 is 5.32 Å². The number of hydrogen-bond acceptors (Lipinski definition) is 5. The number of nitrogens with one attached hydrogen (secondary N) is 1. The minimum Gasteiger partial charge on any atom is -0.481 e. The summed E-state index contributed by atoms with van der Waals surface area (Å²) in [6, 6.07) is 16.3. The van der Waals surface area contributed by atoms with Gasteiger partial charge in [0, 0.05) is 38.6 Å². The molecule has 2 aliphatic rings. The second-order valence-electron chi connectivity index (χ2n) is 8.45. The first-order chi connectivity index (χ1) is 16.0. The van der Waals surface area contributed by atoms with Crippen LogP contribution in [0.3, 0.4) is 0 Å². The van der Waals surface area contributed by atoms with Crippen molar-refractivity contribution in [2.75, 3.05) is 33.4 Å². The predicted molar refractivity (Wildman–Crippen MR) is 121 cm³/mol. The maximum Gasteiger partial charge on any atom is 0.407 e. The van der Waals surface area contributed by atoms with E-state index in [2.05, 4.69) is 29.6 Å². The van der Waals surface area contributed by atoms with Crippen LogP contribution in [-0.4, -0.2) is 67.4 Å². The molecule has 1 saturated heterocycles. The van der Waals surface area contributed by atoms with Gasteiger partial charge in [-0.15, -0.1) is 0 Å². The Balaban J connectivity index is 1.30. The van der Waals surface area contributed by atoms with E-state index in [0.717, 1.165) is 11.1 Å². The van der Waals surface area contributed by atoms with Crippen molar-refractivity contribution in [1.29, 1.82) is 0 Å². The summed E-state index contributed by atoms with van der Waals surface area (Å²) in [6.45, 7) is 1.00. The Hall–Kier alpha value is -3.39. The minimum absolute atomic E-state index is 0.0184. The number of benzene rings is 2. The molecule has 4 rings (SSSR count). The molecule has 2 N–H and O–H groups in total. The molecule has 0 aromatic heterocycles. The minimum atomic E-state index is -0.963. The van der Waals surface area contributed by atoms with Crippen molar-refractivity contribution < 1.29 is 29.0 Å². The first kappa shape index (κ1) is 22.8. The largest absolute Gasteiger partial charge is 0.481 e. The third-order valence-electron chi connectivity index (χ3n) is 6.35. The number of carboxylic acids is 1. The zero-order valence-electron chi connectivity index (χ0n) is 18.5. The van der Waals surface area contributed by atoms with Crippen molar-refractivity contribution in [2.24, 2.45) is 5.92 Å². The lowest BCUT2D eigenvalue weighted by molar-refractivity contribution is -0.143. The predicted octanol–water partition coefficient (Wildman–Crippen LogP) is 2.86. The van der Waals surface area contributed by atoms with E-state index in [4.69, 9.17) is 14.6 Å². The number of nitrogens with zero attached hydrogens (tertiary/aromatic N) is 1. The molecule has 8 heteroatoms. The summed E-state index contributed by atoms with van der Waals surface area (Å²) >= 11 is 0. The molecule has 0 unspecified atom stereocenters. The number of carbonyl (C=O) groups is 3. The Labute approximate surface area is 192 Å². The number of aliphatic carboxylic acids is 1. The van der Waals surface area contributed by atoms with E-state index in [1.54, 1.807) is 7.05 Å². The van der Waals surface area contributed by atoms with Crippen LogP contribution in [-0.2, 0) is 19.1 Å². The number of amides is 2. The fourth-order valence-corrected chi connectivity index (χ4v) is 4.57. The van der Waals surface area contributed by atoms with Crippen LogP contribution in [0, 0.1) is 5.92 Å². The van der Waals surface area contributed by atoms with Gasteiger partial charge in [0.25, 0.3) is 5.91 Å². The van der Waals surface area contributed by atoms with Gasteiger partial charge in [-0.2, -0.15) is 0 Å². The molecule has 2 amide bonds. The van der Waals surface area contributed by atoms with Gasteiger partial charge in [0.2, 0.25) is 0 Å². The smallest absolute Gasteiger partial charge is 0.407 e. The van der Waals surface area contributed by atoms with E-state index in [9.17, 15) is 14.4 Å². The quantitative estimate of drug-likeness (QED) is 0.638. The number of rotatable bonds is 8. The molecular formula is C25H28N2O6. The van der Waals surface area contributed by atoms with Crippen LogP contribution in [0.1, 0.15) is 29.9 Å². The van der Waals surface area contributed by atoms with Crippen LogP contribution in [0.15, 0.2) is 48.5 Å². The highest BCUT2D eigenvalue weighted by Gasteiger charge is 2.36. The van der Waals surface area contributed by atoms with Crippen LogP contribution in [0.5, 0.6) is 0 Å². The van der Waals surface area contributed by atoms with E-state index in [1.807, 2.05) is 24.3 Å². The average Bonchev–Trinajstić information content (AvgIpc) is 3.42. The fourth-order valence-electron chi connectivity index (χ4n) is 4.57. The first-order valence-electron chi connectivity index (χ1n) is 11.1. The Morgan fingerprint density at radius 3 is 2.36 bits per heavy atom. The van der Waals surface area contributed by atoms with E-state index in [-0.39, 0.29) is 43.9 Å². The number of likely N-dealkylation sites (N-methyl/N-ethyl adjacent to an activating group) is 1. The van der Waals surface area contributed by atoms with E-state index in [1.165, 1.54) is 16.0 Å². The van der Waals surface area contributed by atoms with Gasteiger partial charge in [-0.25, -0.2) is 4.79 Å². The summed E-state index contributed by atoms with van der Waals surface area (Å²) in [5.74, 6) is -1.44. The zero-order valence-corrected chi connectivity index (χ0v) is 18.5. The number of carboxylic acid groups (broad SMARTS) is 1. The van der Waals surface area contributed by atoms with Crippen molar-refractivity contribution >= 4 is 18.0 Å². The molecule has 0 bridgehead atoms. The second-order valence-corrected chi connectivity index (χ2v) is 8.45. The summed E-state index contributed by atoms with van der Waals surface area (Å²) in [7, 11) is 1.56. The van der Waals surface area contributed by atoms with Gasteiger partial charge in [-0.3, -0.25) is 9.59 Å².